The van der Waals surface area contributed by atoms with Crippen LogP contribution in [0.5, 0.6) is 0 Å². The van der Waals surface area contributed by atoms with E-state index in [4.69, 9.17) is 17.3 Å². The van der Waals surface area contributed by atoms with Crippen LogP contribution in [0.15, 0.2) is 42.5 Å². The highest BCUT2D eigenvalue weighted by atomic mass is 35.5. The first-order valence-electron chi connectivity index (χ1n) is 5.66. The van der Waals surface area contributed by atoms with Crippen molar-refractivity contribution in [2.24, 2.45) is 5.73 Å². The zero-order valence-electron chi connectivity index (χ0n) is 9.99. The van der Waals surface area contributed by atoms with Gasteiger partial charge in [-0.05, 0) is 29.8 Å². The molecule has 0 saturated heterocycles. The lowest BCUT2D eigenvalue weighted by molar-refractivity contribution is 0.102. The van der Waals surface area contributed by atoms with Gasteiger partial charge in [0, 0.05) is 17.8 Å². The minimum absolute atomic E-state index is 0.0836. The molecular weight excluding hydrogens is 267 g/mol. The summed E-state index contributed by atoms with van der Waals surface area (Å²) in [7, 11) is 0. The molecule has 5 heteroatoms. The third-order valence-corrected chi connectivity index (χ3v) is 2.96. The van der Waals surface area contributed by atoms with Crippen molar-refractivity contribution in [2.45, 2.75) is 6.54 Å². The number of nitrogens with two attached hydrogens (primary N) is 1. The van der Waals surface area contributed by atoms with Crippen molar-refractivity contribution in [2.75, 3.05) is 5.32 Å². The maximum absolute atomic E-state index is 13.0. The Balaban J connectivity index is 2.23. The number of halogens is 2. The van der Waals surface area contributed by atoms with Gasteiger partial charge in [-0.3, -0.25) is 4.79 Å². The second kappa shape index (κ2) is 5.82. The Morgan fingerprint density at radius 1 is 1.26 bits per heavy atom. The molecule has 2 aromatic carbocycles. The van der Waals surface area contributed by atoms with Gasteiger partial charge in [0.05, 0.1) is 5.02 Å². The summed E-state index contributed by atoms with van der Waals surface area (Å²) in [6.07, 6.45) is 0. The standard InChI is InChI=1S/C14H12ClFN2O/c15-11-7-9(5-6-12(11)16)14(19)18-13-4-2-1-3-10(13)8-17/h1-7H,8,17H2,(H,18,19). The highest BCUT2D eigenvalue weighted by Gasteiger charge is 2.10. The third kappa shape index (κ3) is 3.10. The number of carbonyl (C=O) groups excluding carboxylic acids is 1. The Morgan fingerprint density at radius 3 is 2.68 bits per heavy atom. The van der Waals surface area contributed by atoms with Crippen LogP contribution in [0.25, 0.3) is 0 Å². The number of hydrogen-bond acceptors (Lipinski definition) is 2. The Labute approximate surface area is 115 Å². The van der Waals surface area contributed by atoms with E-state index in [0.717, 1.165) is 11.6 Å². The molecule has 0 aliphatic carbocycles. The summed E-state index contributed by atoms with van der Waals surface area (Å²) in [6.45, 7) is 0.320. The first-order valence-corrected chi connectivity index (χ1v) is 6.04. The van der Waals surface area contributed by atoms with Crippen molar-refractivity contribution in [3.63, 3.8) is 0 Å². The van der Waals surface area contributed by atoms with E-state index in [0.29, 0.717) is 17.8 Å². The molecule has 1 amide bonds. The zero-order chi connectivity index (χ0) is 13.8. The molecule has 0 spiro atoms. The first kappa shape index (κ1) is 13.5. The van der Waals surface area contributed by atoms with Gasteiger partial charge in [-0.1, -0.05) is 29.8 Å². The van der Waals surface area contributed by atoms with Gasteiger partial charge < -0.3 is 11.1 Å². The van der Waals surface area contributed by atoms with E-state index >= 15 is 0 Å². The number of benzene rings is 2. The monoisotopic (exact) mass is 278 g/mol. The van der Waals surface area contributed by atoms with E-state index in [1.165, 1.54) is 12.1 Å². The summed E-state index contributed by atoms with van der Waals surface area (Å²) < 4.78 is 13.0. The molecule has 0 saturated carbocycles. The Bertz CT molecular complexity index is 616. The van der Waals surface area contributed by atoms with Gasteiger partial charge in [-0.25, -0.2) is 4.39 Å². The zero-order valence-corrected chi connectivity index (χ0v) is 10.7. The molecule has 3 nitrogen and oxygen atoms in total. The van der Waals surface area contributed by atoms with Crippen LogP contribution in [0.3, 0.4) is 0 Å². The fraction of sp³-hybridized carbons (Fsp3) is 0.0714. The fourth-order valence-corrected chi connectivity index (χ4v) is 1.83. The molecule has 98 valence electrons. The minimum atomic E-state index is -0.555. The quantitative estimate of drug-likeness (QED) is 0.906. The second-order valence-corrected chi connectivity index (χ2v) is 4.35. The number of rotatable bonds is 3. The van der Waals surface area contributed by atoms with E-state index in [9.17, 15) is 9.18 Å². The van der Waals surface area contributed by atoms with Gasteiger partial charge in [0.15, 0.2) is 0 Å². The SMILES string of the molecule is NCc1ccccc1NC(=O)c1ccc(F)c(Cl)c1. The molecule has 0 unspecified atom stereocenters. The number of carbonyl (C=O) groups is 1. The normalized spacial score (nSPS) is 10.3. The topological polar surface area (TPSA) is 55.1 Å². The average molecular weight is 279 g/mol. The van der Waals surface area contributed by atoms with Crippen molar-refractivity contribution >= 4 is 23.2 Å². The van der Waals surface area contributed by atoms with E-state index in [-0.39, 0.29) is 10.9 Å². The van der Waals surface area contributed by atoms with Crippen LogP contribution in [0.1, 0.15) is 15.9 Å². The molecule has 0 atom stereocenters. The molecular formula is C14H12ClFN2O. The molecule has 0 bridgehead atoms. The number of amides is 1. The van der Waals surface area contributed by atoms with Gasteiger partial charge in [-0.2, -0.15) is 0 Å². The predicted molar refractivity (Wildman–Crippen MR) is 73.7 cm³/mol. The lowest BCUT2D eigenvalue weighted by atomic mass is 10.1. The van der Waals surface area contributed by atoms with Crippen LogP contribution in [0.2, 0.25) is 5.02 Å². The van der Waals surface area contributed by atoms with E-state index < -0.39 is 5.82 Å². The average Bonchev–Trinajstić information content (AvgIpc) is 2.42. The molecule has 0 radical (unpaired) electrons. The summed E-state index contributed by atoms with van der Waals surface area (Å²) in [5, 5.41) is 2.64. The molecule has 0 aliphatic rings. The molecule has 0 aromatic heterocycles. The van der Waals surface area contributed by atoms with E-state index in [1.807, 2.05) is 12.1 Å². The van der Waals surface area contributed by atoms with Crippen molar-refractivity contribution in [1.82, 2.24) is 0 Å². The van der Waals surface area contributed by atoms with Crippen LogP contribution in [0.4, 0.5) is 10.1 Å². The minimum Gasteiger partial charge on any atom is -0.326 e. The van der Waals surface area contributed by atoms with Crippen LogP contribution in [-0.2, 0) is 6.54 Å². The Morgan fingerprint density at radius 2 is 2.00 bits per heavy atom. The maximum Gasteiger partial charge on any atom is 0.255 e. The van der Waals surface area contributed by atoms with Crippen LogP contribution >= 0.6 is 11.6 Å². The highest BCUT2D eigenvalue weighted by molar-refractivity contribution is 6.31. The van der Waals surface area contributed by atoms with Gasteiger partial charge in [0.1, 0.15) is 5.82 Å². The summed E-state index contributed by atoms with van der Waals surface area (Å²) in [5.74, 6) is -0.914. The lowest BCUT2D eigenvalue weighted by Crippen LogP contribution is -2.14. The summed E-state index contributed by atoms with van der Waals surface area (Å²) >= 11 is 5.64. The van der Waals surface area contributed by atoms with E-state index in [2.05, 4.69) is 5.32 Å². The predicted octanol–water partition coefficient (Wildman–Crippen LogP) is 3.19. The number of nitrogens with one attached hydrogen (secondary N) is 1. The number of anilines is 1. The Hall–Kier alpha value is -1.91. The number of hydrogen-bond donors (Lipinski definition) is 2. The maximum atomic E-state index is 13.0. The molecule has 0 fully saturated rings. The summed E-state index contributed by atoms with van der Waals surface area (Å²) in [5.41, 5.74) is 7.33. The molecule has 0 heterocycles. The van der Waals surface area contributed by atoms with Crippen LogP contribution in [0, 0.1) is 5.82 Å². The van der Waals surface area contributed by atoms with Gasteiger partial charge in [0.2, 0.25) is 0 Å². The fourth-order valence-electron chi connectivity index (χ4n) is 1.65. The van der Waals surface area contributed by atoms with Crippen LogP contribution < -0.4 is 11.1 Å². The smallest absolute Gasteiger partial charge is 0.255 e. The van der Waals surface area contributed by atoms with Gasteiger partial charge >= 0.3 is 0 Å². The number of para-hydroxylation sites is 1. The van der Waals surface area contributed by atoms with Crippen molar-refractivity contribution < 1.29 is 9.18 Å². The van der Waals surface area contributed by atoms with Crippen molar-refractivity contribution in [3.8, 4) is 0 Å². The van der Waals surface area contributed by atoms with Gasteiger partial charge in [0.25, 0.3) is 5.91 Å². The summed E-state index contributed by atoms with van der Waals surface area (Å²) in [4.78, 5) is 12.0. The Kier molecular flexibility index (Phi) is 4.14. The lowest BCUT2D eigenvalue weighted by Gasteiger charge is -2.09. The molecule has 19 heavy (non-hydrogen) atoms. The van der Waals surface area contributed by atoms with Crippen molar-refractivity contribution in [3.05, 3.63) is 64.4 Å². The molecule has 2 aromatic rings. The third-order valence-electron chi connectivity index (χ3n) is 2.67. The summed E-state index contributed by atoms with van der Waals surface area (Å²) in [6, 6.07) is 11.0. The van der Waals surface area contributed by atoms with E-state index in [1.54, 1.807) is 12.1 Å². The van der Waals surface area contributed by atoms with Crippen LogP contribution in [-0.4, -0.2) is 5.91 Å². The van der Waals surface area contributed by atoms with Gasteiger partial charge in [-0.15, -0.1) is 0 Å². The molecule has 3 N–H and O–H groups in total. The molecule has 2 rings (SSSR count). The molecule has 0 aliphatic heterocycles. The second-order valence-electron chi connectivity index (χ2n) is 3.94. The highest BCUT2D eigenvalue weighted by Crippen LogP contribution is 2.19. The largest absolute Gasteiger partial charge is 0.326 e. The first-order chi connectivity index (χ1) is 9.11. The van der Waals surface area contributed by atoms with Crippen molar-refractivity contribution in [1.29, 1.82) is 0 Å².